The van der Waals surface area contributed by atoms with E-state index >= 15 is 0 Å². The van der Waals surface area contributed by atoms with Crippen LogP contribution in [-0.2, 0) is 4.79 Å². The molecule has 5 nitrogen and oxygen atoms in total. The van der Waals surface area contributed by atoms with Crippen LogP contribution in [0.25, 0.3) is 0 Å². The molecule has 6 heteroatoms. The average molecular weight is 373 g/mol. The monoisotopic (exact) mass is 373 g/mol. The van der Waals surface area contributed by atoms with Gasteiger partial charge in [0.2, 0.25) is 0 Å². The molecule has 1 heterocycles. The van der Waals surface area contributed by atoms with Crippen molar-refractivity contribution in [3.63, 3.8) is 0 Å². The third kappa shape index (κ3) is 2.24. The Kier molecular flexibility index (Phi) is 3.88. The summed E-state index contributed by atoms with van der Waals surface area (Å²) in [7, 11) is 0. The summed E-state index contributed by atoms with van der Waals surface area (Å²) >= 11 is 2.05. The van der Waals surface area contributed by atoms with Crippen LogP contribution in [0.4, 0.5) is 0 Å². The van der Waals surface area contributed by atoms with E-state index in [9.17, 15) is 19.5 Å². The maximum atomic E-state index is 12.2. The number of hydrogen-bond acceptors (Lipinski definition) is 3. The van der Waals surface area contributed by atoms with Crippen LogP contribution in [0, 0.1) is 5.92 Å². The minimum Gasteiger partial charge on any atom is -0.480 e. The number of benzene rings is 1. The molecule has 100 valence electrons. The van der Waals surface area contributed by atoms with Gasteiger partial charge in [-0.05, 0) is 18.1 Å². The first-order valence-electron chi connectivity index (χ1n) is 5.74. The number of alkyl halides is 1. The van der Waals surface area contributed by atoms with E-state index in [1.807, 2.05) is 22.6 Å². The van der Waals surface area contributed by atoms with Gasteiger partial charge in [-0.2, -0.15) is 0 Å². The van der Waals surface area contributed by atoms with Gasteiger partial charge in [0.15, 0.2) is 0 Å². The molecule has 0 radical (unpaired) electrons. The predicted octanol–water partition coefficient (Wildman–Crippen LogP) is 1.81. The summed E-state index contributed by atoms with van der Waals surface area (Å²) < 4.78 is 0.544. The van der Waals surface area contributed by atoms with Gasteiger partial charge in [-0.25, -0.2) is 4.79 Å². The lowest BCUT2D eigenvalue weighted by atomic mass is 10.0. The van der Waals surface area contributed by atoms with Gasteiger partial charge in [-0.15, -0.1) is 0 Å². The lowest BCUT2D eigenvalue weighted by molar-refractivity contribution is -0.142. The fraction of sp³-hybridized carbons (Fsp3) is 0.308. The van der Waals surface area contributed by atoms with Crippen molar-refractivity contribution in [1.29, 1.82) is 0 Å². The van der Waals surface area contributed by atoms with Crippen LogP contribution in [0.15, 0.2) is 24.3 Å². The maximum Gasteiger partial charge on any atom is 0.327 e. The van der Waals surface area contributed by atoms with Crippen LogP contribution in [-0.4, -0.2) is 38.3 Å². The standard InChI is InChI=1S/C13H12INO4/c1-7(6-14)10(13(18)19)15-11(16)8-4-2-3-5-9(8)12(15)17/h2-5,7,10H,6H2,1H3,(H,18,19)/t7?,10-/m0/s1. The number of halogens is 1. The number of imide groups is 1. The Morgan fingerprint density at radius 1 is 1.26 bits per heavy atom. The quantitative estimate of drug-likeness (QED) is 0.496. The number of carboxylic acid groups (broad SMARTS) is 1. The summed E-state index contributed by atoms with van der Waals surface area (Å²) in [6.07, 6.45) is 0. The molecule has 1 aromatic rings. The van der Waals surface area contributed by atoms with E-state index in [1.54, 1.807) is 31.2 Å². The highest BCUT2D eigenvalue weighted by molar-refractivity contribution is 14.1. The molecule has 0 fully saturated rings. The smallest absolute Gasteiger partial charge is 0.327 e. The van der Waals surface area contributed by atoms with E-state index in [0.717, 1.165) is 4.90 Å². The van der Waals surface area contributed by atoms with Crippen LogP contribution >= 0.6 is 22.6 Å². The molecule has 1 aliphatic heterocycles. The van der Waals surface area contributed by atoms with Crippen LogP contribution in [0.3, 0.4) is 0 Å². The minimum atomic E-state index is -1.15. The van der Waals surface area contributed by atoms with E-state index < -0.39 is 23.8 Å². The van der Waals surface area contributed by atoms with Gasteiger partial charge in [-0.1, -0.05) is 41.6 Å². The van der Waals surface area contributed by atoms with Crippen molar-refractivity contribution in [3.05, 3.63) is 35.4 Å². The Morgan fingerprint density at radius 2 is 1.74 bits per heavy atom. The van der Waals surface area contributed by atoms with Gasteiger partial charge in [0.05, 0.1) is 11.1 Å². The predicted molar refractivity (Wildman–Crippen MR) is 76.4 cm³/mol. The van der Waals surface area contributed by atoms with Gasteiger partial charge in [-0.3, -0.25) is 14.5 Å². The second kappa shape index (κ2) is 5.28. The van der Waals surface area contributed by atoms with Crippen molar-refractivity contribution >= 4 is 40.4 Å². The molecular weight excluding hydrogens is 361 g/mol. The molecule has 0 saturated carbocycles. The number of carbonyl (C=O) groups excluding carboxylic acids is 2. The average Bonchev–Trinajstić information content (AvgIpc) is 2.64. The number of hydrogen-bond donors (Lipinski definition) is 1. The largest absolute Gasteiger partial charge is 0.480 e. The highest BCUT2D eigenvalue weighted by Gasteiger charge is 2.44. The molecule has 1 aliphatic rings. The van der Waals surface area contributed by atoms with E-state index in [2.05, 4.69) is 0 Å². The zero-order chi connectivity index (χ0) is 14.2. The lowest BCUT2D eigenvalue weighted by Gasteiger charge is -2.26. The van der Waals surface area contributed by atoms with Gasteiger partial charge >= 0.3 is 5.97 Å². The van der Waals surface area contributed by atoms with Crippen LogP contribution in [0.1, 0.15) is 27.6 Å². The number of aliphatic carboxylic acids is 1. The Hall–Kier alpha value is -1.44. The van der Waals surface area contributed by atoms with E-state index in [1.165, 1.54) is 0 Å². The van der Waals surface area contributed by atoms with Gasteiger partial charge in [0.1, 0.15) is 6.04 Å². The minimum absolute atomic E-state index is 0.277. The number of fused-ring (bicyclic) bond motifs is 1. The summed E-state index contributed by atoms with van der Waals surface area (Å²) in [5, 5.41) is 9.30. The molecule has 0 spiro atoms. The number of nitrogens with zero attached hydrogens (tertiary/aromatic N) is 1. The summed E-state index contributed by atoms with van der Waals surface area (Å²) in [5.41, 5.74) is 0.554. The van der Waals surface area contributed by atoms with Crippen molar-refractivity contribution in [3.8, 4) is 0 Å². The zero-order valence-corrected chi connectivity index (χ0v) is 12.3. The molecule has 1 aromatic carbocycles. The normalized spacial score (nSPS) is 17.3. The van der Waals surface area contributed by atoms with Crippen molar-refractivity contribution < 1.29 is 19.5 Å². The molecule has 2 amide bonds. The topological polar surface area (TPSA) is 74.7 Å². The first-order chi connectivity index (χ1) is 8.99. The lowest BCUT2D eigenvalue weighted by Crippen LogP contribution is -2.49. The summed E-state index contributed by atoms with van der Waals surface area (Å²) in [5.74, 6) is -2.51. The van der Waals surface area contributed by atoms with Crippen molar-refractivity contribution in [1.82, 2.24) is 4.90 Å². The highest BCUT2D eigenvalue weighted by Crippen LogP contribution is 2.27. The van der Waals surface area contributed by atoms with Crippen LogP contribution < -0.4 is 0 Å². The number of carbonyl (C=O) groups is 3. The molecule has 0 saturated heterocycles. The van der Waals surface area contributed by atoms with Crippen molar-refractivity contribution in [2.24, 2.45) is 5.92 Å². The molecule has 0 aliphatic carbocycles. The second-order valence-electron chi connectivity index (χ2n) is 4.44. The third-order valence-corrected chi connectivity index (χ3v) is 4.53. The fourth-order valence-electron chi connectivity index (χ4n) is 2.15. The summed E-state index contributed by atoms with van der Waals surface area (Å²) in [6.45, 7) is 1.72. The fourth-order valence-corrected chi connectivity index (χ4v) is 2.63. The van der Waals surface area contributed by atoms with E-state index in [0.29, 0.717) is 4.43 Å². The third-order valence-electron chi connectivity index (χ3n) is 3.14. The van der Waals surface area contributed by atoms with Crippen LogP contribution in [0.5, 0.6) is 0 Å². The zero-order valence-electron chi connectivity index (χ0n) is 10.2. The Morgan fingerprint density at radius 3 is 2.11 bits per heavy atom. The molecule has 2 atom stereocenters. The molecule has 19 heavy (non-hydrogen) atoms. The summed E-state index contributed by atoms with van der Waals surface area (Å²) in [4.78, 5) is 36.7. The van der Waals surface area contributed by atoms with E-state index in [4.69, 9.17) is 0 Å². The molecule has 1 N–H and O–H groups in total. The Balaban J connectivity index is 2.45. The summed E-state index contributed by atoms with van der Waals surface area (Å²) in [6, 6.07) is 5.28. The van der Waals surface area contributed by atoms with Crippen molar-refractivity contribution in [2.75, 3.05) is 4.43 Å². The first kappa shape index (κ1) is 14.0. The highest BCUT2D eigenvalue weighted by atomic mass is 127. The van der Waals surface area contributed by atoms with Crippen molar-refractivity contribution in [2.45, 2.75) is 13.0 Å². The van der Waals surface area contributed by atoms with E-state index in [-0.39, 0.29) is 17.0 Å². The number of amides is 2. The molecule has 2 rings (SSSR count). The van der Waals surface area contributed by atoms with Gasteiger partial charge in [0, 0.05) is 4.43 Å². The molecular formula is C13H12INO4. The molecule has 0 aromatic heterocycles. The second-order valence-corrected chi connectivity index (χ2v) is 5.32. The maximum absolute atomic E-state index is 12.2. The Labute approximate surface area is 123 Å². The SMILES string of the molecule is CC(CI)[C@@H](C(=O)O)N1C(=O)c2ccccc2C1=O. The van der Waals surface area contributed by atoms with Gasteiger partial charge < -0.3 is 5.11 Å². The number of carboxylic acids is 1. The first-order valence-corrected chi connectivity index (χ1v) is 7.27. The molecule has 0 bridgehead atoms. The van der Waals surface area contributed by atoms with Crippen LogP contribution in [0.2, 0.25) is 0 Å². The number of rotatable bonds is 4. The van der Waals surface area contributed by atoms with Gasteiger partial charge in [0.25, 0.3) is 11.8 Å². The molecule has 1 unspecified atom stereocenters. The Bertz CT molecular complexity index is 522.